The van der Waals surface area contributed by atoms with Crippen LogP contribution in [0.15, 0.2) is 52.3 Å². The number of thioether (sulfide) groups is 1. The van der Waals surface area contributed by atoms with Crippen LogP contribution >= 0.6 is 11.8 Å². The molecule has 5 rings (SSSR count). The van der Waals surface area contributed by atoms with Gasteiger partial charge in [-0.25, -0.2) is 0 Å². The minimum absolute atomic E-state index is 0.0508. The van der Waals surface area contributed by atoms with Gasteiger partial charge in [0, 0.05) is 56.3 Å². The van der Waals surface area contributed by atoms with Crippen LogP contribution in [0.4, 0.5) is 5.69 Å². The number of carbonyl (C=O) groups is 2. The number of likely N-dealkylation sites (N-methyl/N-ethyl adjacent to an activating group) is 1. The molecular formula is C31H40N4O2S. The molecule has 0 aromatic heterocycles. The molecular weight excluding hydrogens is 492 g/mol. The number of piperazine rings is 1. The van der Waals surface area contributed by atoms with Crippen molar-refractivity contribution in [2.75, 3.05) is 51.2 Å². The van der Waals surface area contributed by atoms with Gasteiger partial charge in [0.25, 0.3) is 11.8 Å². The second kappa shape index (κ2) is 12.5. The molecule has 1 N–H and O–H groups in total. The van der Waals surface area contributed by atoms with Crippen molar-refractivity contribution in [3.8, 4) is 0 Å². The summed E-state index contributed by atoms with van der Waals surface area (Å²) in [5, 5.41) is 3.08. The van der Waals surface area contributed by atoms with E-state index in [0.717, 1.165) is 53.8 Å². The van der Waals surface area contributed by atoms with E-state index in [2.05, 4.69) is 21.2 Å². The largest absolute Gasteiger partial charge is 0.352 e. The molecule has 0 spiro atoms. The predicted molar refractivity (Wildman–Crippen MR) is 157 cm³/mol. The van der Waals surface area contributed by atoms with Gasteiger partial charge in [-0.15, -0.1) is 0 Å². The Kier molecular flexibility index (Phi) is 8.87. The van der Waals surface area contributed by atoms with Gasteiger partial charge in [0.1, 0.15) is 0 Å². The fraction of sp³-hybridized carbons (Fsp3) is 0.484. The zero-order valence-corrected chi connectivity index (χ0v) is 23.6. The normalized spacial score (nSPS) is 20.5. The molecule has 7 heteroatoms. The zero-order chi connectivity index (χ0) is 26.5. The van der Waals surface area contributed by atoms with E-state index in [4.69, 9.17) is 0 Å². The molecule has 0 unspecified atom stereocenters. The molecule has 2 aromatic rings. The van der Waals surface area contributed by atoms with E-state index in [0.29, 0.717) is 17.0 Å². The minimum atomic E-state index is -0.0816. The molecule has 1 saturated carbocycles. The van der Waals surface area contributed by atoms with E-state index < -0.39 is 0 Å². The first-order chi connectivity index (χ1) is 18.5. The van der Waals surface area contributed by atoms with Crippen LogP contribution in [-0.4, -0.2) is 74.0 Å². The number of hydrogen-bond acceptors (Lipinski definition) is 5. The Labute approximate surface area is 231 Å². The van der Waals surface area contributed by atoms with Gasteiger partial charge in [0.05, 0.1) is 10.6 Å². The van der Waals surface area contributed by atoms with Gasteiger partial charge in [-0.1, -0.05) is 60.9 Å². The van der Waals surface area contributed by atoms with Gasteiger partial charge in [-0.05, 0) is 62.6 Å². The summed E-state index contributed by atoms with van der Waals surface area (Å²) in [5.41, 5.74) is 3.55. The maximum Gasteiger partial charge on any atom is 0.264 e. The summed E-state index contributed by atoms with van der Waals surface area (Å²) in [4.78, 5) is 34.5. The number of aryl methyl sites for hydroxylation is 1. The van der Waals surface area contributed by atoms with Crippen LogP contribution in [-0.2, 0) is 4.79 Å². The average molecular weight is 533 g/mol. The van der Waals surface area contributed by atoms with E-state index in [1.54, 1.807) is 11.9 Å². The van der Waals surface area contributed by atoms with Crippen molar-refractivity contribution in [3.63, 3.8) is 0 Å². The number of nitrogens with zero attached hydrogens (tertiary/aromatic N) is 3. The lowest BCUT2D eigenvalue weighted by Crippen LogP contribution is -2.51. The minimum Gasteiger partial charge on any atom is -0.352 e. The molecule has 0 bridgehead atoms. The third-order valence-corrected chi connectivity index (χ3v) is 9.17. The Morgan fingerprint density at radius 3 is 2.61 bits per heavy atom. The van der Waals surface area contributed by atoms with Crippen molar-refractivity contribution in [2.24, 2.45) is 0 Å². The Morgan fingerprint density at radius 1 is 1.05 bits per heavy atom. The number of anilines is 1. The summed E-state index contributed by atoms with van der Waals surface area (Å²) >= 11 is 1.47. The van der Waals surface area contributed by atoms with Crippen molar-refractivity contribution in [1.29, 1.82) is 0 Å². The first-order valence-electron chi connectivity index (χ1n) is 14.1. The average Bonchev–Trinajstić information content (AvgIpc) is 2.94. The van der Waals surface area contributed by atoms with Gasteiger partial charge in [-0.3, -0.25) is 14.5 Å². The SMILES string of the molecule is Cc1cccc(/C=C2/Sc3ccc(C(=O)NCCCN4CCN(C5CCCCC5)CC4)cc3N(C)C2=O)c1. The molecule has 0 radical (unpaired) electrons. The lowest BCUT2D eigenvalue weighted by Gasteiger charge is -2.40. The highest BCUT2D eigenvalue weighted by Gasteiger charge is 2.28. The molecule has 2 aromatic carbocycles. The summed E-state index contributed by atoms with van der Waals surface area (Å²) in [6, 6.07) is 14.6. The number of nitrogens with one attached hydrogen (secondary N) is 1. The Balaban J connectivity index is 1.10. The second-order valence-electron chi connectivity index (χ2n) is 10.9. The van der Waals surface area contributed by atoms with E-state index in [1.165, 1.54) is 57.0 Å². The summed E-state index contributed by atoms with van der Waals surface area (Å²) in [6.07, 6.45) is 9.84. The van der Waals surface area contributed by atoms with E-state index in [1.807, 2.05) is 49.4 Å². The van der Waals surface area contributed by atoms with Crippen LogP contribution in [0, 0.1) is 6.92 Å². The molecule has 202 valence electrons. The third kappa shape index (κ3) is 6.50. The van der Waals surface area contributed by atoms with Gasteiger partial charge in [-0.2, -0.15) is 0 Å². The van der Waals surface area contributed by atoms with E-state index in [9.17, 15) is 9.59 Å². The first-order valence-corrected chi connectivity index (χ1v) is 14.9. The Hall–Kier alpha value is -2.61. The molecule has 6 nitrogen and oxygen atoms in total. The van der Waals surface area contributed by atoms with Gasteiger partial charge < -0.3 is 15.1 Å². The first kappa shape index (κ1) is 27.0. The fourth-order valence-corrected chi connectivity index (χ4v) is 6.94. The summed E-state index contributed by atoms with van der Waals surface area (Å²) in [7, 11) is 1.78. The lowest BCUT2D eigenvalue weighted by atomic mass is 9.94. The van der Waals surface area contributed by atoms with Crippen LogP contribution in [0.3, 0.4) is 0 Å². The molecule has 2 fully saturated rings. The van der Waals surface area contributed by atoms with E-state index >= 15 is 0 Å². The quantitative estimate of drug-likeness (QED) is 0.394. The summed E-state index contributed by atoms with van der Waals surface area (Å²) in [6.45, 7) is 8.35. The van der Waals surface area contributed by atoms with Crippen molar-refractivity contribution in [3.05, 3.63) is 64.1 Å². The summed E-state index contributed by atoms with van der Waals surface area (Å²) in [5.74, 6) is -0.132. The van der Waals surface area contributed by atoms with Crippen LogP contribution in [0.5, 0.6) is 0 Å². The molecule has 3 aliphatic rings. The smallest absolute Gasteiger partial charge is 0.264 e. The maximum absolute atomic E-state index is 13.1. The van der Waals surface area contributed by atoms with Crippen molar-refractivity contribution < 1.29 is 9.59 Å². The predicted octanol–water partition coefficient (Wildman–Crippen LogP) is 5.17. The molecule has 2 heterocycles. The number of hydrogen-bond donors (Lipinski definition) is 1. The lowest BCUT2D eigenvalue weighted by molar-refractivity contribution is -0.114. The van der Waals surface area contributed by atoms with Crippen LogP contribution in [0.2, 0.25) is 0 Å². The topological polar surface area (TPSA) is 55.9 Å². The monoisotopic (exact) mass is 532 g/mol. The Morgan fingerprint density at radius 2 is 1.84 bits per heavy atom. The maximum atomic E-state index is 13.1. The molecule has 1 saturated heterocycles. The highest BCUT2D eigenvalue weighted by atomic mass is 32.2. The van der Waals surface area contributed by atoms with E-state index in [-0.39, 0.29) is 11.8 Å². The Bertz CT molecular complexity index is 1180. The molecule has 38 heavy (non-hydrogen) atoms. The van der Waals surface area contributed by atoms with Crippen LogP contribution in [0.1, 0.15) is 60.0 Å². The van der Waals surface area contributed by atoms with Crippen molar-refractivity contribution in [1.82, 2.24) is 15.1 Å². The molecule has 2 aliphatic heterocycles. The van der Waals surface area contributed by atoms with Crippen molar-refractivity contribution >= 4 is 35.3 Å². The van der Waals surface area contributed by atoms with Gasteiger partial charge >= 0.3 is 0 Å². The van der Waals surface area contributed by atoms with Gasteiger partial charge in [0.15, 0.2) is 0 Å². The molecule has 1 aliphatic carbocycles. The summed E-state index contributed by atoms with van der Waals surface area (Å²) < 4.78 is 0. The zero-order valence-electron chi connectivity index (χ0n) is 22.7. The van der Waals surface area contributed by atoms with Crippen LogP contribution in [0.25, 0.3) is 6.08 Å². The molecule has 0 atom stereocenters. The number of rotatable bonds is 7. The highest BCUT2D eigenvalue weighted by Crippen LogP contribution is 2.42. The molecule has 2 amide bonds. The number of carbonyl (C=O) groups excluding carboxylic acids is 2. The second-order valence-corrected chi connectivity index (χ2v) is 11.9. The standard InChI is InChI=1S/C31H40N4O2S/c1-23-8-6-9-24(20-23)21-29-31(37)33(2)27-22-25(12-13-28(27)38-29)30(36)32-14-7-15-34-16-18-35(19-17-34)26-10-4-3-5-11-26/h6,8-9,12-13,20-22,26H,3-5,7,10-11,14-19H2,1-2H3,(H,32,36)/b29-21+. The highest BCUT2D eigenvalue weighted by molar-refractivity contribution is 8.04. The number of amides is 2. The van der Waals surface area contributed by atoms with Crippen LogP contribution < -0.4 is 10.2 Å². The number of fused-ring (bicyclic) bond motifs is 1. The number of benzene rings is 2. The van der Waals surface area contributed by atoms with Crippen molar-refractivity contribution in [2.45, 2.75) is 56.4 Å². The van der Waals surface area contributed by atoms with Gasteiger partial charge in [0.2, 0.25) is 0 Å². The third-order valence-electron chi connectivity index (χ3n) is 8.09. The fourth-order valence-electron chi connectivity index (χ4n) is 5.85.